The summed E-state index contributed by atoms with van der Waals surface area (Å²) in [4.78, 5) is 31.4. The van der Waals surface area contributed by atoms with E-state index in [-0.39, 0.29) is 17.3 Å². The first-order valence-corrected chi connectivity index (χ1v) is 10.7. The molecule has 1 aliphatic carbocycles. The maximum absolute atomic E-state index is 13.4. The fourth-order valence-electron chi connectivity index (χ4n) is 4.34. The van der Waals surface area contributed by atoms with E-state index in [4.69, 9.17) is 0 Å². The monoisotopic (exact) mass is 421 g/mol. The molecule has 0 spiro atoms. The molecule has 1 aromatic heterocycles. The van der Waals surface area contributed by atoms with E-state index < -0.39 is 5.92 Å². The Bertz CT molecular complexity index is 1540. The number of rotatable bonds is 2. The Hall–Kier alpha value is -3.83. The zero-order chi connectivity index (χ0) is 21.1. The average Bonchev–Trinajstić information content (AvgIpc) is 3.20. The molecule has 1 heterocycles. The molecule has 5 aromatic rings. The van der Waals surface area contributed by atoms with E-state index in [9.17, 15) is 14.7 Å². The predicted molar refractivity (Wildman–Crippen MR) is 122 cm³/mol. The molecule has 1 aliphatic rings. The van der Waals surface area contributed by atoms with Crippen LogP contribution < -0.4 is 0 Å². The SMILES string of the molecule is O=C1c2cccc3cc(O)cc(c23)C(=O)C1c1nc2ccc(-c3ccccc3)cc2s1. The predicted octanol–water partition coefficient (Wildman–Crippen LogP) is 5.98. The standard InChI is InChI=1S/C26H15NO3S/c28-17-11-16-7-4-8-18-22(16)19(13-17)25(30)23(24(18)29)26-27-20-10-9-15(12-21(20)31-26)14-5-2-1-3-6-14/h1-13,23,28H. The van der Waals surface area contributed by atoms with Crippen LogP contribution in [0.15, 0.2) is 78.9 Å². The van der Waals surface area contributed by atoms with Crippen LogP contribution in [-0.4, -0.2) is 21.7 Å². The van der Waals surface area contributed by atoms with Gasteiger partial charge in [0.15, 0.2) is 11.6 Å². The van der Waals surface area contributed by atoms with E-state index in [2.05, 4.69) is 4.98 Å². The van der Waals surface area contributed by atoms with E-state index >= 15 is 0 Å². The van der Waals surface area contributed by atoms with Gasteiger partial charge in [-0.15, -0.1) is 11.3 Å². The Labute approximate surface area is 181 Å². The number of benzene rings is 4. The van der Waals surface area contributed by atoms with Crippen molar-refractivity contribution in [3.8, 4) is 16.9 Å². The second-order valence-electron chi connectivity index (χ2n) is 7.66. The summed E-state index contributed by atoms with van der Waals surface area (Å²) in [6.07, 6.45) is 0. The second-order valence-corrected chi connectivity index (χ2v) is 8.72. The summed E-state index contributed by atoms with van der Waals surface area (Å²) in [6.45, 7) is 0. The van der Waals surface area contributed by atoms with Crippen molar-refractivity contribution in [1.29, 1.82) is 0 Å². The van der Waals surface area contributed by atoms with Crippen LogP contribution in [0.3, 0.4) is 0 Å². The maximum atomic E-state index is 13.4. The van der Waals surface area contributed by atoms with Gasteiger partial charge in [-0.05, 0) is 40.8 Å². The third-order valence-corrected chi connectivity index (χ3v) is 6.86. The van der Waals surface area contributed by atoms with E-state index in [0.29, 0.717) is 26.9 Å². The van der Waals surface area contributed by atoms with Gasteiger partial charge in [-0.2, -0.15) is 0 Å². The Morgan fingerprint density at radius 2 is 1.58 bits per heavy atom. The van der Waals surface area contributed by atoms with Crippen molar-refractivity contribution in [2.45, 2.75) is 5.92 Å². The van der Waals surface area contributed by atoms with Crippen LogP contribution in [0.5, 0.6) is 5.75 Å². The molecule has 0 bridgehead atoms. The number of phenolic OH excluding ortho intramolecular Hbond substituents is 1. The molecule has 4 aromatic carbocycles. The molecule has 4 nitrogen and oxygen atoms in total. The highest BCUT2D eigenvalue weighted by atomic mass is 32.1. The highest BCUT2D eigenvalue weighted by Gasteiger charge is 2.39. The molecule has 1 unspecified atom stereocenters. The van der Waals surface area contributed by atoms with Crippen molar-refractivity contribution in [3.05, 3.63) is 95.0 Å². The fourth-order valence-corrected chi connectivity index (χ4v) is 5.45. The quantitative estimate of drug-likeness (QED) is 0.356. The van der Waals surface area contributed by atoms with E-state index in [0.717, 1.165) is 21.3 Å². The lowest BCUT2D eigenvalue weighted by Crippen LogP contribution is -2.27. The first-order valence-electron chi connectivity index (χ1n) is 9.90. The van der Waals surface area contributed by atoms with Crippen molar-refractivity contribution in [2.24, 2.45) is 0 Å². The maximum Gasteiger partial charge on any atom is 0.181 e. The van der Waals surface area contributed by atoms with Gasteiger partial charge in [0, 0.05) is 16.5 Å². The summed E-state index contributed by atoms with van der Waals surface area (Å²) in [5, 5.41) is 11.9. The number of carbonyl (C=O) groups is 2. The van der Waals surface area contributed by atoms with Gasteiger partial charge in [0.25, 0.3) is 0 Å². The first-order chi connectivity index (χ1) is 15.1. The van der Waals surface area contributed by atoms with Crippen LogP contribution >= 0.6 is 11.3 Å². The van der Waals surface area contributed by atoms with Crippen molar-refractivity contribution in [2.75, 3.05) is 0 Å². The van der Waals surface area contributed by atoms with Crippen LogP contribution in [0.4, 0.5) is 0 Å². The number of hydrogen-bond acceptors (Lipinski definition) is 5. The largest absolute Gasteiger partial charge is 0.508 e. The van der Waals surface area contributed by atoms with Gasteiger partial charge < -0.3 is 5.11 Å². The molecule has 31 heavy (non-hydrogen) atoms. The summed E-state index contributed by atoms with van der Waals surface area (Å²) in [6, 6.07) is 24.4. The van der Waals surface area contributed by atoms with Crippen molar-refractivity contribution in [1.82, 2.24) is 4.98 Å². The Balaban J connectivity index is 1.50. The number of aromatic nitrogens is 1. The second kappa shape index (κ2) is 6.59. The number of Topliss-reactive ketones (excluding diaryl/α,β-unsaturated/α-hetero) is 2. The summed E-state index contributed by atoms with van der Waals surface area (Å²) < 4.78 is 0.928. The number of aromatic hydroxyl groups is 1. The van der Waals surface area contributed by atoms with Gasteiger partial charge in [-0.1, -0.05) is 54.6 Å². The molecule has 6 rings (SSSR count). The van der Waals surface area contributed by atoms with Crippen molar-refractivity contribution < 1.29 is 14.7 Å². The molecule has 0 saturated carbocycles. The molecule has 0 saturated heterocycles. The number of thiazole rings is 1. The minimum Gasteiger partial charge on any atom is -0.508 e. The molecular weight excluding hydrogens is 406 g/mol. The minimum absolute atomic E-state index is 0.0119. The summed E-state index contributed by atoms with van der Waals surface area (Å²) in [5.74, 6) is -1.53. The molecule has 0 radical (unpaired) electrons. The van der Waals surface area contributed by atoms with Gasteiger partial charge in [-0.25, -0.2) is 4.98 Å². The average molecular weight is 421 g/mol. The molecular formula is C26H15NO3S. The van der Waals surface area contributed by atoms with Crippen LogP contribution in [-0.2, 0) is 0 Å². The lowest BCUT2D eigenvalue weighted by Gasteiger charge is -2.21. The minimum atomic E-state index is -0.988. The Kier molecular flexibility index (Phi) is 3.82. The Morgan fingerprint density at radius 3 is 2.42 bits per heavy atom. The third-order valence-electron chi connectivity index (χ3n) is 5.78. The number of fused-ring (bicyclic) bond motifs is 1. The topological polar surface area (TPSA) is 67.3 Å². The van der Waals surface area contributed by atoms with E-state index in [1.165, 1.54) is 17.4 Å². The van der Waals surface area contributed by atoms with Gasteiger partial charge >= 0.3 is 0 Å². The number of carbonyl (C=O) groups excluding carboxylic acids is 2. The number of nitrogens with zero attached hydrogens (tertiary/aromatic N) is 1. The van der Waals surface area contributed by atoms with Crippen LogP contribution in [0, 0.1) is 0 Å². The van der Waals surface area contributed by atoms with Gasteiger partial charge in [0.2, 0.25) is 0 Å². The molecule has 1 N–H and O–H groups in total. The molecule has 148 valence electrons. The van der Waals surface area contributed by atoms with E-state index in [1.807, 2.05) is 48.5 Å². The lowest BCUT2D eigenvalue weighted by atomic mass is 9.80. The lowest BCUT2D eigenvalue weighted by molar-refractivity contribution is 0.0855. The normalized spacial score (nSPS) is 15.7. The molecule has 0 aliphatic heterocycles. The van der Waals surface area contributed by atoms with Crippen molar-refractivity contribution >= 4 is 43.9 Å². The third kappa shape index (κ3) is 2.71. The summed E-state index contributed by atoms with van der Waals surface area (Å²) in [7, 11) is 0. The molecule has 1 atom stereocenters. The smallest absolute Gasteiger partial charge is 0.181 e. The molecule has 0 fully saturated rings. The van der Waals surface area contributed by atoms with Crippen LogP contribution in [0.2, 0.25) is 0 Å². The fraction of sp³-hybridized carbons (Fsp3) is 0.0385. The highest BCUT2D eigenvalue weighted by Crippen LogP contribution is 2.41. The van der Waals surface area contributed by atoms with Crippen molar-refractivity contribution in [3.63, 3.8) is 0 Å². The number of ketones is 2. The van der Waals surface area contributed by atoms with Gasteiger partial charge in [-0.3, -0.25) is 9.59 Å². The van der Waals surface area contributed by atoms with Gasteiger partial charge in [0.05, 0.1) is 10.2 Å². The van der Waals surface area contributed by atoms with Crippen LogP contribution in [0.1, 0.15) is 31.6 Å². The number of phenols is 1. The number of hydrogen-bond donors (Lipinski definition) is 1. The molecule has 5 heteroatoms. The highest BCUT2D eigenvalue weighted by molar-refractivity contribution is 7.19. The zero-order valence-corrected chi connectivity index (χ0v) is 17.0. The summed E-state index contributed by atoms with van der Waals surface area (Å²) >= 11 is 1.37. The van der Waals surface area contributed by atoms with E-state index in [1.54, 1.807) is 24.3 Å². The summed E-state index contributed by atoms with van der Waals surface area (Å²) in [5.41, 5.74) is 3.80. The molecule has 0 amide bonds. The Morgan fingerprint density at radius 1 is 0.774 bits per heavy atom. The first kappa shape index (κ1) is 18.0. The van der Waals surface area contributed by atoms with Crippen LogP contribution in [0.25, 0.3) is 32.1 Å². The van der Waals surface area contributed by atoms with Gasteiger partial charge in [0.1, 0.15) is 16.7 Å². The zero-order valence-electron chi connectivity index (χ0n) is 16.2.